The van der Waals surface area contributed by atoms with E-state index in [1.165, 1.54) is 10.6 Å². The Hall–Kier alpha value is -1.81. The van der Waals surface area contributed by atoms with Crippen LogP contribution in [0.4, 0.5) is 0 Å². The standard InChI is InChI=1S/C14H16N2OSi/c1-18(2,3)13-10-17-14-11(13)6-4-7-12(14)16-9-5-8-15-16/h4-10H,1-3H3. The van der Waals surface area contributed by atoms with E-state index in [1.54, 1.807) is 6.20 Å². The fraction of sp³-hybridized carbons (Fsp3) is 0.214. The lowest BCUT2D eigenvalue weighted by Gasteiger charge is -2.13. The highest BCUT2D eigenvalue weighted by Gasteiger charge is 2.22. The summed E-state index contributed by atoms with van der Waals surface area (Å²) < 4.78 is 7.65. The molecule has 0 spiro atoms. The molecule has 0 fully saturated rings. The summed E-state index contributed by atoms with van der Waals surface area (Å²) in [6.45, 7) is 6.99. The molecule has 3 aromatic rings. The van der Waals surface area contributed by atoms with Gasteiger partial charge < -0.3 is 4.42 Å². The number of hydrogen-bond acceptors (Lipinski definition) is 2. The fourth-order valence-electron chi connectivity index (χ4n) is 2.21. The first-order chi connectivity index (χ1) is 8.57. The van der Waals surface area contributed by atoms with E-state index in [-0.39, 0.29) is 0 Å². The highest BCUT2D eigenvalue weighted by molar-refractivity contribution is 6.90. The van der Waals surface area contributed by atoms with Crippen LogP contribution in [-0.2, 0) is 0 Å². The molecular weight excluding hydrogens is 240 g/mol. The fourth-order valence-corrected chi connectivity index (χ4v) is 3.63. The van der Waals surface area contributed by atoms with Crippen molar-refractivity contribution in [1.82, 2.24) is 9.78 Å². The Balaban J connectivity index is 2.28. The van der Waals surface area contributed by atoms with Crippen molar-refractivity contribution in [3.8, 4) is 5.69 Å². The van der Waals surface area contributed by atoms with Crippen molar-refractivity contribution in [3.05, 3.63) is 42.9 Å². The Labute approximate surface area is 107 Å². The number of aromatic nitrogens is 2. The van der Waals surface area contributed by atoms with Crippen molar-refractivity contribution < 1.29 is 4.42 Å². The van der Waals surface area contributed by atoms with E-state index in [4.69, 9.17) is 4.42 Å². The lowest BCUT2D eigenvalue weighted by atomic mass is 10.2. The van der Waals surface area contributed by atoms with Crippen molar-refractivity contribution in [2.45, 2.75) is 19.6 Å². The molecule has 0 aliphatic rings. The molecule has 92 valence electrons. The predicted molar refractivity (Wildman–Crippen MR) is 76.3 cm³/mol. The van der Waals surface area contributed by atoms with Gasteiger partial charge in [0.1, 0.15) is 5.69 Å². The molecule has 0 saturated heterocycles. The Morgan fingerprint density at radius 2 is 2.00 bits per heavy atom. The summed E-state index contributed by atoms with van der Waals surface area (Å²) in [6, 6.07) is 8.16. The molecule has 0 bridgehead atoms. The van der Waals surface area contributed by atoms with Gasteiger partial charge in [-0.05, 0) is 17.3 Å². The number of benzene rings is 1. The van der Waals surface area contributed by atoms with Gasteiger partial charge in [-0.2, -0.15) is 5.10 Å². The summed E-state index contributed by atoms with van der Waals surface area (Å²) in [5.41, 5.74) is 1.93. The van der Waals surface area contributed by atoms with Gasteiger partial charge >= 0.3 is 0 Å². The van der Waals surface area contributed by atoms with Crippen LogP contribution in [0, 0.1) is 0 Å². The summed E-state index contributed by atoms with van der Waals surface area (Å²) in [7, 11) is -1.38. The first-order valence-electron chi connectivity index (χ1n) is 6.08. The summed E-state index contributed by atoms with van der Waals surface area (Å²) in [5.74, 6) is 0. The van der Waals surface area contributed by atoms with Gasteiger partial charge in [-0.3, -0.25) is 0 Å². The van der Waals surface area contributed by atoms with Crippen LogP contribution in [0.2, 0.25) is 19.6 Å². The van der Waals surface area contributed by atoms with E-state index in [1.807, 2.05) is 29.3 Å². The number of fused-ring (bicyclic) bond motifs is 1. The van der Waals surface area contributed by atoms with Crippen LogP contribution in [0.25, 0.3) is 16.7 Å². The van der Waals surface area contributed by atoms with Crippen molar-refractivity contribution in [2.24, 2.45) is 0 Å². The van der Waals surface area contributed by atoms with Gasteiger partial charge in [0.25, 0.3) is 0 Å². The molecule has 0 N–H and O–H groups in total. The molecule has 0 amide bonds. The van der Waals surface area contributed by atoms with Crippen LogP contribution in [0.15, 0.2) is 47.3 Å². The zero-order valence-corrected chi connectivity index (χ0v) is 11.8. The van der Waals surface area contributed by atoms with Crippen molar-refractivity contribution in [2.75, 3.05) is 0 Å². The smallest absolute Gasteiger partial charge is 0.159 e. The number of furan rings is 1. The lowest BCUT2D eigenvalue weighted by molar-refractivity contribution is 0.613. The molecule has 4 heteroatoms. The van der Waals surface area contributed by atoms with E-state index in [0.717, 1.165) is 11.3 Å². The Morgan fingerprint density at radius 1 is 1.17 bits per heavy atom. The number of para-hydroxylation sites is 1. The van der Waals surface area contributed by atoms with Crippen LogP contribution in [-0.4, -0.2) is 17.9 Å². The summed E-state index contributed by atoms with van der Waals surface area (Å²) in [5, 5.41) is 6.87. The van der Waals surface area contributed by atoms with Crippen molar-refractivity contribution in [3.63, 3.8) is 0 Å². The van der Waals surface area contributed by atoms with Crippen LogP contribution in [0.1, 0.15) is 0 Å². The van der Waals surface area contributed by atoms with Gasteiger partial charge in [0.2, 0.25) is 0 Å². The molecule has 3 rings (SSSR count). The maximum absolute atomic E-state index is 5.80. The maximum atomic E-state index is 5.80. The van der Waals surface area contributed by atoms with Crippen LogP contribution in [0.3, 0.4) is 0 Å². The molecule has 0 atom stereocenters. The molecule has 0 aliphatic carbocycles. The Morgan fingerprint density at radius 3 is 2.67 bits per heavy atom. The summed E-state index contributed by atoms with van der Waals surface area (Å²) in [4.78, 5) is 0. The van der Waals surface area contributed by atoms with E-state index in [9.17, 15) is 0 Å². The average molecular weight is 256 g/mol. The number of hydrogen-bond donors (Lipinski definition) is 0. The largest absolute Gasteiger partial charge is 0.462 e. The third kappa shape index (κ3) is 1.69. The van der Waals surface area contributed by atoms with Crippen LogP contribution in [0.5, 0.6) is 0 Å². The third-order valence-corrected chi connectivity index (χ3v) is 5.14. The highest BCUT2D eigenvalue weighted by atomic mass is 28.3. The van der Waals surface area contributed by atoms with Crippen molar-refractivity contribution >= 4 is 24.2 Å². The van der Waals surface area contributed by atoms with Gasteiger partial charge in [0.05, 0.1) is 14.3 Å². The second-order valence-corrected chi connectivity index (χ2v) is 10.5. The monoisotopic (exact) mass is 256 g/mol. The van der Waals surface area contributed by atoms with Gasteiger partial charge in [-0.1, -0.05) is 31.8 Å². The topological polar surface area (TPSA) is 31.0 Å². The molecule has 0 saturated carbocycles. The van der Waals surface area contributed by atoms with Crippen molar-refractivity contribution in [1.29, 1.82) is 0 Å². The first kappa shape index (κ1) is 11.3. The lowest BCUT2D eigenvalue weighted by Crippen LogP contribution is -2.36. The second kappa shape index (κ2) is 3.85. The Kier molecular flexibility index (Phi) is 2.41. The number of nitrogens with zero attached hydrogens (tertiary/aromatic N) is 2. The van der Waals surface area contributed by atoms with Gasteiger partial charge in [-0.25, -0.2) is 4.68 Å². The van der Waals surface area contributed by atoms with Gasteiger partial charge in [-0.15, -0.1) is 0 Å². The highest BCUT2D eigenvalue weighted by Crippen LogP contribution is 2.23. The molecule has 0 unspecified atom stereocenters. The van der Waals surface area contributed by atoms with E-state index in [2.05, 4.69) is 36.9 Å². The zero-order valence-electron chi connectivity index (χ0n) is 10.8. The van der Waals surface area contributed by atoms with Gasteiger partial charge in [0.15, 0.2) is 5.58 Å². The minimum Gasteiger partial charge on any atom is -0.462 e. The predicted octanol–water partition coefficient (Wildman–Crippen LogP) is 3.16. The normalized spacial score (nSPS) is 12.2. The maximum Gasteiger partial charge on any atom is 0.159 e. The van der Waals surface area contributed by atoms with Crippen LogP contribution < -0.4 is 5.19 Å². The third-order valence-electron chi connectivity index (χ3n) is 3.14. The second-order valence-electron chi connectivity index (χ2n) is 5.50. The van der Waals surface area contributed by atoms with Gasteiger partial charge in [0, 0.05) is 17.8 Å². The van der Waals surface area contributed by atoms with Crippen LogP contribution >= 0.6 is 0 Å². The van der Waals surface area contributed by atoms with E-state index >= 15 is 0 Å². The molecule has 18 heavy (non-hydrogen) atoms. The Bertz CT molecular complexity index is 677. The minimum atomic E-state index is -1.38. The minimum absolute atomic E-state index is 0.929. The summed E-state index contributed by atoms with van der Waals surface area (Å²) >= 11 is 0. The van der Waals surface area contributed by atoms with E-state index < -0.39 is 8.07 Å². The molecule has 0 radical (unpaired) electrons. The molecule has 2 heterocycles. The summed E-state index contributed by atoms with van der Waals surface area (Å²) in [6.07, 6.45) is 5.64. The molecule has 0 aliphatic heterocycles. The molecule has 3 nitrogen and oxygen atoms in total. The zero-order chi connectivity index (χ0) is 12.8. The quantitative estimate of drug-likeness (QED) is 0.659. The average Bonchev–Trinajstić information content (AvgIpc) is 2.96. The van der Waals surface area contributed by atoms with E-state index in [0.29, 0.717) is 0 Å². The molecular formula is C14H16N2OSi. The molecule has 1 aromatic carbocycles. The molecule has 2 aromatic heterocycles. The first-order valence-corrected chi connectivity index (χ1v) is 9.58. The SMILES string of the molecule is C[Si](C)(C)c1coc2c(-n3cccn3)cccc12. The number of rotatable bonds is 2.